The molecule has 0 saturated carbocycles. The third kappa shape index (κ3) is 3.21. The lowest BCUT2D eigenvalue weighted by Crippen LogP contribution is -2.52. The van der Waals surface area contributed by atoms with Gasteiger partial charge in [-0.25, -0.2) is 4.98 Å². The zero-order valence-corrected chi connectivity index (χ0v) is 15.6. The molecule has 1 N–H and O–H groups in total. The molecule has 0 bridgehead atoms. The number of aromatic nitrogens is 1. The molecule has 122 valence electrons. The Morgan fingerprint density at radius 3 is 2.48 bits per heavy atom. The van der Waals surface area contributed by atoms with Gasteiger partial charge in [-0.1, -0.05) is 24.3 Å². The van der Waals surface area contributed by atoms with Crippen LogP contribution in [0.5, 0.6) is 0 Å². The first kappa shape index (κ1) is 17.8. The molecule has 1 amide bonds. The third-order valence-electron chi connectivity index (χ3n) is 4.06. The van der Waals surface area contributed by atoms with Crippen molar-refractivity contribution >= 4 is 39.9 Å². The first-order valence-corrected chi connectivity index (χ1v) is 7.96. The van der Waals surface area contributed by atoms with Crippen LogP contribution in [0.4, 0.5) is 5.69 Å². The zero-order chi connectivity index (χ0) is 15.9. The number of hydrogen-bond donors (Lipinski definition) is 1. The van der Waals surface area contributed by atoms with E-state index in [2.05, 4.69) is 26.2 Å². The summed E-state index contributed by atoms with van der Waals surface area (Å²) < 4.78 is 0.739. The summed E-state index contributed by atoms with van der Waals surface area (Å²) in [6.07, 6.45) is 0. The van der Waals surface area contributed by atoms with Crippen molar-refractivity contribution in [3.63, 3.8) is 0 Å². The molecule has 0 saturated heterocycles. The molecule has 0 aliphatic carbocycles. The number of nitrogens with one attached hydrogen (secondary N) is 1. The highest BCUT2D eigenvalue weighted by Crippen LogP contribution is 2.37. The van der Waals surface area contributed by atoms with Crippen molar-refractivity contribution in [3.05, 3.63) is 58.3 Å². The number of anilines is 1. The molecule has 4 nitrogen and oxygen atoms in total. The predicted molar refractivity (Wildman–Crippen MR) is 97.9 cm³/mol. The van der Waals surface area contributed by atoms with Gasteiger partial charge in [0.25, 0.3) is 0 Å². The van der Waals surface area contributed by atoms with Crippen LogP contribution in [-0.4, -0.2) is 17.9 Å². The summed E-state index contributed by atoms with van der Waals surface area (Å²) in [6.45, 7) is 4.00. The van der Waals surface area contributed by atoms with E-state index in [-0.39, 0.29) is 18.3 Å². The molecule has 1 atom stereocenters. The minimum absolute atomic E-state index is 0. The zero-order valence-electron chi connectivity index (χ0n) is 13.2. The van der Waals surface area contributed by atoms with E-state index in [1.54, 1.807) is 0 Å². The van der Waals surface area contributed by atoms with Gasteiger partial charge in [0.15, 0.2) is 6.04 Å². The minimum Gasteiger partial charge on any atom is -0.358 e. The lowest BCUT2D eigenvalue weighted by atomic mass is 9.85. The van der Waals surface area contributed by atoms with Crippen molar-refractivity contribution in [2.45, 2.75) is 25.4 Å². The van der Waals surface area contributed by atoms with Gasteiger partial charge in [0.05, 0.1) is 11.2 Å². The number of para-hydroxylation sites is 1. The molecule has 0 fully saturated rings. The van der Waals surface area contributed by atoms with Crippen molar-refractivity contribution in [1.29, 1.82) is 0 Å². The van der Waals surface area contributed by atoms with E-state index in [0.717, 1.165) is 21.5 Å². The molecule has 0 radical (unpaired) electrons. The minimum atomic E-state index is -0.442. The van der Waals surface area contributed by atoms with Gasteiger partial charge in [-0.3, -0.25) is 4.79 Å². The summed E-state index contributed by atoms with van der Waals surface area (Å²) in [4.78, 5) is 19.3. The molecular weight excluding hydrogens is 378 g/mol. The number of hydrogen-bond acceptors (Lipinski definition) is 3. The van der Waals surface area contributed by atoms with Gasteiger partial charge in [0, 0.05) is 18.3 Å². The second kappa shape index (κ2) is 6.49. The highest BCUT2D eigenvalue weighted by atomic mass is 79.9. The van der Waals surface area contributed by atoms with Crippen molar-refractivity contribution < 1.29 is 4.79 Å². The Bertz CT molecular complexity index is 721. The Morgan fingerprint density at radius 1 is 1.17 bits per heavy atom. The quantitative estimate of drug-likeness (QED) is 0.785. The predicted octanol–water partition coefficient (Wildman–Crippen LogP) is 3.81. The fourth-order valence-corrected chi connectivity index (χ4v) is 3.25. The summed E-state index contributed by atoms with van der Waals surface area (Å²) >= 11 is 3.42. The Morgan fingerprint density at radius 2 is 1.83 bits per heavy atom. The van der Waals surface area contributed by atoms with Crippen LogP contribution < -0.4 is 10.2 Å². The Labute approximate surface area is 150 Å². The number of benzene rings is 1. The molecule has 2 heterocycles. The van der Waals surface area contributed by atoms with Gasteiger partial charge in [-0.05, 0) is 48.0 Å². The Kier molecular flexibility index (Phi) is 5.01. The van der Waals surface area contributed by atoms with Gasteiger partial charge < -0.3 is 10.2 Å². The number of nitrogens with zero attached hydrogens (tertiary/aromatic N) is 2. The Hall–Kier alpha value is -1.59. The summed E-state index contributed by atoms with van der Waals surface area (Å²) in [6, 6.07) is 13.4. The molecular formula is C17H19BrClN3O. The second-order valence-electron chi connectivity index (χ2n) is 6.03. The number of carbonyl (C=O) groups is 1. The van der Waals surface area contributed by atoms with E-state index < -0.39 is 11.6 Å². The molecule has 1 aliphatic heterocycles. The van der Waals surface area contributed by atoms with Crippen LogP contribution in [0.25, 0.3) is 0 Å². The van der Waals surface area contributed by atoms with E-state index in [1.165, 1.54) is 0 Å². The fraction of sp³-hybridized carbons (Fsp3) is 0.294. The van der Waals surface area contributed by atoms with E-state index >= 15 is 0 Å². The van der Waals surface area contributed by atoms with Crippen LogP contribution in [0.2, 0.25) is 0 Å². The number of carbonyl (C=O) groups excluding carboxylic acids is 1. The van der Waals surface area contributed by atoms with Crippen LogP contribution in [-0.2, 0) is 10.3 Å². The van der Waals surface area contributed by atoms with Gasteiger partial charge >= 0.3 is 0 Å². The van der Waals surface area contributed by atoms with Crippen LogP contribution in [0.3, 0.4) is 0 Å². The fourth-order valence-electron chi connectivity index (χ4n) is 2.93. The molecule has 0 spiro atoms. The third-order valence-corrected chi connectivity index (χ3v) is 4.50. The van der Waals surface area contributed by atoms with E-state index in [1.807, 2.05) is 68.3 Å². The topological polar surface area (TPSA) is 45.2 Å². The van der Waals surface area contributed by atoms with Gasteiger partial charge in [-0.15, -0.1) is 12.4 Å². The molecule has 2 aromatic rings. The standard InChI is InChI=1S/C17H18BrN3O.ClH/c1-17(2)12-9-10-13(18)19-14(12)15(16(22)20-17)21(3)11-7-5-4-6-8-11;/h4-10,15H,1-3H3,(H,20,22);1H. The van der Waals surface area contributed by atoms with Crippen molar-refractivity contribution in [1.82, 2.24) is 10.3 Å². The number of fused-ring (bicyclic) bond motifs is 1. The monoisotopic (exact) mass is 395 g/mol. The number of halogens is 2. The van der Waals surface area contributed by atoms with Crippen molar-refractivity contribution in [2.75, 3.05) is 11.9 Å². The SMILES string of the molecule is CN(c1ccccc1)C1C(=O)NC(C)(C)c2ccc(Br)nc21.Cl. The smallest absolute Gasteiger partial charge is 0.249 e. The number of likely N-dealkylation sites (N-methyl/N-ethyl adjacent to an activating group) is 1. The average Bonchev–Trinajstić information content (AvgIpc) is 2.46. The molecule has 3 rings (SSSR count). The molecule has 23 heavy (non-hydrogen) atoms. The summed E-state index contributed by atoms with van der Waals surface area (Å²) in [5.41, 5.74) is 2.40. The lowest BCUT2D eigenvalue weighted by Gasteiger charge is -2.40. The first-order valence-electron chi connectivity index (χ1n) is 7.17. The highest BCUT2D eigenvalue weighted by Gasteiger charge is 2.41. The molecule has 1 aromatic heterocycles. The van der Waals surface area contributed by atoms with E-state index in [0.29, 0.717) is 0 Å². The maximum Gasteiger partial charge on any atom is 0.249 e. The highest BCUT2D eigenvalue weighted by molar-refractivity contribution is 9.10. The van der Waals surface area contributed by atoms with Crippen molar-refractivity contribution in [2.24, 2.45) is 0 Å². The molecule has 1 aliphatic rings. The normalized spacial score (nSPS) is 18.4. The van der Waals surface area contributed by atoms with Crippen molar-refractivity contribution in [3.8, 4) is 0 Å². The maximum absolute atomic E-state index is 12.7. The number of amides is 1. The second-order valence-corrected chi connectivity index (χ2v) is 6.84. The van der Waals surface area contributed by atoms with Crippen LogP contribution >= 0.6 is 28.3 Å². The first-order chi connectivity index (χ1) is 10.4. The Balaban J connectivity index is 0.00000192. The van der Waals surface area contributed by atoms with Crippen LogP contribution in [0.1, 0.15) is 31.1 Å². The molecule has 1 unspecified atom stereocenters. The maximum atomic E-state index is 12.7. The van der Waals surface area contributed by atoms with Gasteiger partial charge in [-0.2, -0.15) is 0 Å². The van der Waals surface area contributed by atoms with Gasteiger partial charge in [0.1, 0.15) is 4.60 Å². The van der Waals surface area contributed by atoms with Gasteiger partial charge in [0.2, 0.25) is 5.91 Å². The van der Waals surface area contributed by atoms with Crippen LogP contribution in [0.15, 0.2) is 47.1 Å². The van der Waals surface area contributed by atoms with Crippen LogP contribution in [0, 0.1) is 0 Å². The largest absolute Gasteiger partial charge is 0.358 e. The average molecular weight is 397 g/mol. The van der Waals surface area contributed by atoms with E-state index in [9.17, 15) is 4.79 Å². The lowest BCUT2D eigenvalue weighted by molar-refractivity contribution is -0.125. The van der Waals surface area contributed by atoms with E-state index in [4.69, 9.17) is 0 Å². The molecule has 1 aromatic carbocycles. The number of pyridine rings is 1. The summed E-state index contributed by atoms with van der Waals surface area (Å²) in [5.74, 6) is -0.0329. The number of rotatable bonds is 2. The summed E-state index contributed by atoms with van der Waals surface area (Å²) in [7, 11) is 1.92. The molecule has 6 heteroatoms. The summed E-state index contributed by atoms with van der Waals surface area (Å²) in [5, 5.41) is 3.10.